The number of fused-ring (bicyclic) bond motifs is 1. The van der Waals surface area contributed by atoms with Gasteiger partial charge in [0.25, 0.3) is 5.91 Å². The third-order valence-corrected chi connectivity index (χ3v) is 7.65. The van der Waals surface area contributed by atoms with Gasteiger partial charge >= 0.3 is 0 Å². The summed E-state index contributed by atoms with van der Waals surface area (Å²) < 4.78 is 47.6. The zero-order chi connectivity index (χ0) is 27.6. The summed E-state index contributed by atoms with van der Waals surface area (Å²) in [6, 6.07) is 9.32. The number of carbonyl (C=O) groups excluding carboxylic acids is 1. The van der Waals surface area contributed by atoms with Gasteiger partial charge in [0.05, 0.1) is 17.6 Å². The number of aromatic nitrogens is 4. The van der Waals surface area contributed by atoms with Crippen molar-refractivity contribution in [3.63, 3.8) is 0 Å². The number of hydrogen-bond donors (Lipinski definition) is 4. The summed E-state index contributed by atoms with van der Waals surface area (Å²) in [5.41, 5.74) is 8.38. The molecule has 1 aliphatic carbocycles. The van der Waals surface area contributed by atoms with E-state index in [0.717, 1.165) is 24.0 Å². The van der Waals surface area contributed by atoms with E-state index in [0.29, 0.717) is 17.8 Å². The largest absolute Gasteiger partial charge is 0.484 e. The number of amides is 1. The number of nitrogens with two attached hydrogens (primary N) is 1. The van der Waals surface area contributed by atoms with Gasteiger partial charge in [-0.2, -0.15) is 5.10 Å². The maximum atomic E-state index is 13.8. The molecule has 0 radical (unpaired) electrons. The minimum absolute atomic E-state index is 0.0759. The topological polar surface area (TPSA) is 165 Å². The second kappa shape index (κ2) is 10.7. The van der Waals surface area contributed by atoms with E-state index < -0.39 is 22.0 Å². The van der Waals surface area contributed by atoms with E-state index in [2.05, 4.69) is 30.2 Å². The number of nitrogens with one attached hydrogen (secondary N) is 3. The Hall–Kier alpha value is -4.52. The Morgan fingerprint density at radius 2 is 2.08 bits per heavy atom. The third-order valence-electron chi connectivity index (χ3n) is 6.36. The average Bonchev–Trinajstić information content (AvgIpc) is 3.34. The van der Waals surface area contributed by atoms with Gasteiger partial charge in [-0.05, 0) is 61.6 Å². The molecule has 0 bridgehead atoms. The summed E-state index contributed by atoms with van der Waals surface area (Å²) in [5, 5.41) is 10.00. The van der Waals surface area contributed by atoms with E-state index in [-0.39, 0.29) is 40.1 Å². The number of carbonyl (C=O) groups is 1. The first-order valence-electron chi connectivity index (χ1n) is 12.2. The molecular weight excluding hydrogens is 525 g/mol. The van der Waals surface area contributed by atoms with E-state index in [1.54, 1.807) is 24.3 Å². The van der Waals surface area contributed by atoms with Gasteiger partial charge in [0.15, 0.2) is 0 Å². The highest BCUT2D eigenvalue weighted by Gasteiger charge is 2.26. The number of ether oxygens (including phenoxy) is 1. The lowest BCUT2D eigenvalue weighted by atomic mass is 9.89. The molecule has 2 heterocycles. The van der Waals surface area contributed by atoms with Gasteiger partial charge in [-0.1, -0.05) is 12.1 Å². The molecule has 0 saturated carbocycles. The van der Waals surface area contributed by atoms with Crippen LogP contribution in [-0.2, 0) is 16.4 Å². The number of hydrogen-bond acceptors (Lipinski definition) is 8. The van der Waals surface area contributed by atoms with Crippen LogP contribution in [-0.4, -0.2) is 40.2 Å². The standard InChI is InChI=1S/C26H26FN7O4S/c1-2-39(36,37)34-19-9-6-16(13-21(19)38-20-5-3-4-15-12-17(27)7-8-18(15)20)24-23(25(28)35)26(33-32-24)31-22-14-29-10-11-30-22/h6-14,20,34H,2-5H2,1H3,(H2,28,35)(H2,30,31,32,33). The average molecular weight is 552 g/mol. The van der Waals surface area contributed by atoms with Crippen molar-refractivity contribution < 1.29 is 22.3 Å². The van der Waals surface area contributed by atoms with Gasteiger partial charge in [-0.3, -0.25) is 19.6 Å². The minimum atomic E-state index is -3.63. The maximum absolute atomic E-state index is 13.8. The molecular formula is C26H26FN7O4S. The Labute approximate surface area is 224 Å². The van der Waals surface area contributed by atoms with Crippen molar-refractivity contribution in [3.05, 3.63) is 77.5 Å². The zero-order valence-corrected chi connectivity index (χ0v) is 21.8. The number of primary amides is 1. The molecule has 0 spiro atoms. The number of halogens is 1. The Balaban J connectivity index is 1.55. The number of aryl methyl sites for hydroxylation is 1. The maximum Gasteiger partial charge on any atom is 0.254 e. The number of aromatic amines is 1. The first-order valence-corrected chi connectivity index (χ1v) is 13.9. The Morgan fingerprint density at radius 3 is 2.82 bits per heavy atom. The number of H-pyrrole nitrogens is 1. The lowest BCUT2D eigenvalue weighted by Crippen LogP contribution is -2.18. The summed E-state index contributed by atoms with van der Waals surface area (Å²) in [4.78, 5) is 20.6. The normalized spacial score (nSPS) is 14.9. The summed E-state index contributed by atoms with van der Waals surface area (Å²) in [6.07, 6.45) is 6.19. The molecule has 1 atom stereocenters. The number of sulfonamides is 1. The van der Waals surface area contributed by atoms with Crippen molar-refractivity contribution in [1.29, 1.82) is 0 Å². The summed E-state index contributed by atoms with van der Waals surface area (Å²) in [6.45, 7) is 1.53. The molecule has 5 rings (SSSR count). The number of nitrogens with zero attached hydrogens (tertiary/aromatic N) is 3. The quantitative estimate of drug-likeness (QED) is 0.242. The van der Waals surface area contributed by atoms with Crippen LogP contribution in [0.25, 0.3) is 11.3 Å². The monoisotopic (exact) mass is 551 g/mol. The van der Waals surface area contributed by atoms with Crippen LogP contribution in [0.1, 0.15) is 47.4 Å². The number of anilines is 3. The van der Waals surface area contributed by atoms with Crippen molar-refractivity contribution in [2.24, 2.45) is 5.73 Å². The molecule has 5 N–H and O–H groups in total. The van der Waals surface area contributed by atoms with Gasteiger partial charge in [0.1, 0.15) is 40.6 Å². The fraction of sp³-hybridized carbons (Fsp3) is 0.231. The van der Waals surface area contributed by atoms with Crippen LogP contribution in [0.3, 0.4) is 0 Å². The highest BCUT2D eigenvalue weighted by atomic mass is 32.2. The predicted molar refractivity (Wildman–Crippen MR) is 144 cm³/mol. The van der Waals surface area contributed by atoms with Crippen molar-refractivity contribution in [2.45, 2.75) is 32.3 Å². The van der Waals surface area contributed by atoms with E-state index >= 15 is 0 Å². The smallest absolute Gasteiger partial charge is 0.254 e. The van der Waals surface area contributed by atoms with Crippen LogP contribution in [0.5, 0.6) is 5.75 Å². The first-order chi connectivity index (χ1) is 18.7. The first kappa shape index (κ1) is 26.1. The Bertz CT molecular complexity index is 1630. The molecule has 4 aromatic rings. The van der Waals surface area contributed by atoms with Crippen molar-refractivity contribution >= 4 is 33.3 Å². The van der Waals surface area contributed by atoms with Crippen LogP contribution in [0.2, 0.25) is 0 Å². The van der Waals surface area contributed by atoms with Crippen molar-refractivity contribution in [2.75, 3.05) is 15.8 Å². The zero-order valence-electron chi connectivity index (χ0n) is 20.9. The van der Waals surface area contributed by atoms with E-state index in [1.807, 2.05) is 0 Å². The molecule has 1 aliphatic rings. The van der Waals surface area contributed by atoms with Gasteiger partial charge in [-0.25, -0.2) is 17.8 Å². The molecule has 13 heteroatoms. The van der Waals surface area contributed by atoms with E-state index in [9.17, 15) is 17.6 Å². The van der Waals surface area contributed by atoms with Crippen LogP contribution >= 0.6 is 0 Å². The van der Waals surface area contributed by atoms with Crippen LogP contribution in [0, 0.1) is 5.82 Å². The van der Waals surface area contributed by atoms with Crippen LogP contribution < -0.4 is 20.5 Å². The highest BCUT2D eigenvalue weighted by molar-refractivity contribution is 7.92. The van der Waals surface area contributed by atoms with Gasteiger partial charge < -0.3 is 15.8 Å². The minimum Gasteiger partial charge on any atom is -0.484 e. The third kappa shape index (κ3) is 5.67. The predicted octanol–water partition coefficient (Wildman–Crippen LogP) is 4.07. The fourth-order valence-corrected chi connectivity index (χ4v) is 5.13. The Morgan fingerprint density at radius 1 is 1.23 bits per heavy atom. The number of benzene rings is 2. The van der Waals surface area contributed by atoms with Crippen LogP contribution in [0.15, 0.2) is 55.0 Å². The lowest BCUT2D eigenvalue weighted by Gasteiger charge is -2.27. The summed E-state index contributed by atoms with van der Waals surface area (Å²) in [5.74, 6) is -0.380. The molecule has 0 fully saturated rings. The second-order valence-corrected chi connectivity index (χ2v) is 11.0. The summed E-state index contributed by atoms with van der Waals surface area (Å²) >= 11 is 0. The molecule has 1 amide bonds. The second-order valence-electron chi connectivity index (χ2n) is 8.96. The Kier molecular flexibility index (Phi) is 7.15. The summed E-state index contributed by atoms with van der Waals surface area (Å²) in [7, 11) is -3.63. The highest BCUT2D eigenvalue weighted by Crippen LogP contribution is 2.40. The molecule has 39 heavy (non-hydrogen) atoms. The molecule has 202 valence electrons. The number of rotatable bonds is 9. The van der Waals surface area contributed by atoms with Crippen LogP contribution in [0.4, 0.5) is 21.7 Å². The van der Waals surface area contributed by atoms with Crippen molar-refractivity contribution in [3.8, 4) is 17.0 Å². The SMILES string of the molecule is CCS(=O)(=O)Nc1ccc(-c2n[nH]c(Nc3cnccn3)c2C(N)=O)cc1OC1CCCc2cc(F)ccc21. The lowest BCUT2D eigenvalue weighted by molar-refractivity contribution is 0.100. The van der Waals surface area contributed by atoms with Gasteiger partial charge in [-0.15, -0.1) is 0 Å². The molecule has 2 aromatic carbocycles. The van der Waals surface area contributed by atoms with E-state index in [4.69, 9.17) is 10.5 Å². The molecule has 0 saturated heterocycles. The fourth-order valence-electron chi connectivity index (χ4n) is 4.48. The van der Waals surface area contributed by atoms with Gasteiger partial charge in [0, 0.05) is 18.0 Å². The van der Waals surface area contributed by atoms with Crippen molar-refractivity contribution in [1.82, 2.24) is 20.2 Å². The molecule has 11 nitrogen and oxygen atoms in total. The molecule has 1 unspecified atom stereocenters. The van der Waals surface area contributed by atoms with Gasteiger partial charge in [0.2, 0.25) is 10.0 Å². The molecule has 0 aliphatic heterocycles. The molecule has 2 aromatic heterocycles. The van der Waals surface area contributed by atoms with E-state index in [1.165, 1.54) is 37.6 Å².